The summed E-state index contributed by atoms with van der Waals surface area (Å²) in [5.74, 6) is 0.377. The number of likely N-dealkylation sites (tertiary alicyclic amines) is 1. The molecule has 178 valence electrons. The second-order valence-electron chi connectivity index (χ2n) is 7.63. The number of carbonyl (C=O) groups is 2. The number of hydrogen-bond acceptors (Lipinski definition) is 6. The molecule has 2 amide bonds. The van der Waals surface area contributed by atoms with Crippen LogP contribution < -0.4 is 14.8 Å². The Balaban J connectivity index is 1.49. The highest BCUT2D eigenvalue weighted by atomic mass is 32.2. The largest absolute Gasteiger partial charge is 0.497 e. The molecule has 0 atom stereocenters. The number of hydrogen-bond donors (Lipinski definition) is 2. The van der Waals surface area contributed by atoms with Gasteiger partial charge in [-0.05, 0) is 61.7 Å². The summed E-state index contributed by atoms with van der Waals surface area (Å²) in [6, 6.07) is 12.9. The summed E-state index contributed by atoms with van der Waals surface area (Å²) in [5, 5.41) is 2.99. The van der Waals surface area contributed by atoms with Gasteiger partial charge in [-0.1, -0.05) is 12.1 Å². The van der Waals surface area contributed by atoms with Crippen molar-refractivity contribution in [1.29, 1.82) is 0 Å². The van der Waals surface area contributed by atoms with Crippen LogP contribution in [0.5, 0.6) is 5.75 Å². The zero-order valence-corrected chi connectivity index (χ0v) is 19.6. The normalized spacial score (nSPS) is 14.5. The summed E-state index contributed by atoms with van der Waals surface area (Å²) in [6.45, 7) is 3.29. The number of amides is 2. The number of carbonyl (C=O) groups excluding carboxylic acids is 2. The highest BCUT2D eigenvalue weighted by Gasteiger charge is 2.24. The van der Waals surface area contributed by atoms with Crippen molar-refractivity contribution in [2.75, 3.05) is 26.8 Å². The van der Waals surface area contributed by atoms with Gasteiger partial charge in [0.1, 0.15) is 5.75 Å². The number of piperidine rings is 1. The molecule has 2 aromatic rings. The summed E-state index contributed by atoms with van der Waals surface area (Å²) in [4.78, 5) is 26.1. The maximum absolute atomic E-state index is 12.6. The van der Waals surface area contributed by atoms with Crippen LogP contribution in [0.15, 0.2) is 53.4 Å². The molecule has 2 aromatic carbocycles. The van der Waals surface area contributed by atoms with Crippen molar-refractivity contribution in [3.8, 4) is 5.75 Å². The molecule has 3 rings (SSSR count). The standard InChI is InChI=1S/C23H29N3O6S/c1-3-32-23(28)26-14-12-19(13-15-26)25-22(27)18-6-4-17(5-7-18)16-24-33(29,30)21-10-8-20(31-2)9-11-21/h4-11,19,24H,3,12-16H2,1-2H3,(H,25,27). The van der Waals surface area contributed by atoms with Crippen molar-refractivity contribution in [3.05, 3.63) is 59.7 Å². The van der Waals surface area contributed by atoms with Crippen LogP contribution in [-0.4, -0.2) is 58.2 Å². The highest BCUT2D eigenvalue weighted by molar-refractivity contribution is 7.89. The molecule has 1 saturated heterocycles. The van der Waals surface area contributed by atoms with E-state index >= 15 is 0 Å². The van der Waals surface area contributed by atoms with Gasteiger partial charge in [-0.2, -0.15) is 0 Å². The Morgan fingerprint density at radius 2 is 1.67 bits per heavy atom. The Bertz CT molecular complexity index is 1050. The number of nitrogens with one attached hydrogen (secondary N) is 2. The van der Waals surface area contributed by atoms with Crippen LogP contribution in [0.2, 0.25) is 0 Å². The Kier molecular flexibility index (Phi) is 8.29. The third kappa shape index (κ3) is 6.69. The smallest absolute Gasteiger partial charge is 0.409 e. The maximum atomic E-state index is 12.6. The number of benzene rings is 2. The molecular formula is C23H29N3O6S. The number of sulfonamides is 1. The Hall–Kier alpha value is -3.11. The minimum Gasteiger partial charge on any atom is -0.497 e. The molecule has 0 bridgehead atoms. The molecular weight excluding hydrogens is 446 g/mol. The van der Waals surface area contributed by atoms with Gasteiger partial charge in [0.15, 0.2) is 0 Å². The second kappa shape index (κ2) is 11.2. The average Bonchev–Trinajstić information content (AvgIpc) is 2.83. The van der Waals surface area contributed by atoms with E-state index in [1.807, 2.05) is 0 Å². The van der Waals surface area contributed by atoms with E-state index in [1.165, 1.54) is 19.2 Å². The highest BCUT2D eigenvalue weighted by Crippen LogP contribution is 2.16. The van der Waals surface area contributed by atoms with Crippen molar-refractivity contribution < 1.29 is 27.5 Å². The molecule has 0 spiro atoms. The SMILES string of the molecule is CCOC(=O)N1CCC(NC(=O)c2ccc(CNS(=O)(=O)c3ccc(OC)cc3)cc2)CC1. The van der Waals surface area contributed by atoms with Gasteiger partial charge >= 0.3 is 6.09 Å². The van der Waals surface area contributed by atoms with Crippen LogP contribution in [0.3, 0.4) is 0 Å². The summed E-state index contributed by atoms with van der Waals surface area (Å²) >= 11 is 0. The lowest BCUT2D eigenvalue weighted by atomic mass is 10.0. The summed E-state index contributed by atoms with van der Waals surface area (Å²) in [6.07, 6.45) is 1.01. The fraction of sp³-hybridized carbons (Fsp3) is 0.391. The van der Waals surface area contributed by atoms with Gasteiger partial charge < -0.3 is 19.7 Å². The van der Waals surface area contributed by atoms with Crippen LogP contribution in [0.1, 0.15) is 35.7 Å². The van der Waals surface area contributed by atoms with E-state index in [-0.39, 0.29) is 29.5 Å². The lowest BCUT2D eigenvalue weighted by molar-refractivity contribution is 0.0860. The van der Waals surface area contributed by atoms with Crippen LogP contribution in [0, 0.1) is 0 Å². The number of nitrogens with zero attached hydrogens (tertiary/aromatic N) is 1. The van der Waals surface area contributed by atoms with E-state index in [2.05, 4.69) is 10.0 Å². The fourth-order valence-corrected chi connectivity index (χ4v) is 4.50. The topological polar surface area (TPSA) is 114 Å². The predicted molar refractivity (Wildman–Crippen MR) is 123 cm³/mol. The molecule has 0 unspecified atom stereocenters. The fourth-order valence-electron chi connectivity index (χ4n) is 3.48. The monoisotopic (exact) mass is 475 g/mol. The van der Waals surface area contributed by atoms with Crippen LogP contribution in [-0.2, 0) is 21.3 Å². The van der Waals surface area contributed by atoms with Crippen LogP contribution in [0.4, 0.5) is 4.79 Å². The van der Waals surface area contributed by atoms with Gasteiger partial charge in [-0.3, -0.25) is 4.79 Å². The molecule has 1 aliphatic heterocycles. The molecule has 0 saturated carbocycles. The Morgan fingerprint density at radius 3 is 2.24 bits per heavy atom. The zero-order valence-electron chi connectivity index (χ0n) is 18.7. The van der Waals surface area contributed by atoms with Crippen LogP contribution >= 0.6 is 0 Å². The van der Waals surface area contributed by atoms with Gasteiger partial charge in [-0.25, -0.2) is 17.9 Å². The van der Waals surface area contributed by atoms with Gasteiger partial charge in [0, 0.05) is 31.2 Å². The molecule has 1 fully saturated rings. The van der Waals surface area contributed by atoms with Gasteiger partial charge in [0.05, 0.1) is 18.6 Å². The average molecular weight is 476 g/mol. The predicted octanol–water partition coefficient (Wildman–Crippen LogP) is 2.52. The van der Waals surface area contributed by atoms with E-state index in [9.17, 15) is 18.0 Å². The first-order valence-corrected chi connectivity index (χ1v) is 12.3. The third-order valence-corrected chi connectivity index (χ3v) is 6.83. The molecule has 0 aromatic heterocycles. The molecule has 0 radical (unpaired) electrons. The van der Waals surface area contributed by atoms with Crippen molar-refractivity contribution in [1.82, 2.24) is 14.9 Å². The van der Waals surface area contributed by atoms with Crippen molar-refractivity contribution in [3.63, 3.8) is 0 Å². The van der Waals surface area contributed by atoms with Crippen molar-refractivity contribution in [2.24, 2.45) is 0 Å². The summed E-state index contributed by atoms with van der Waals surface area (Å²) in [5.41, 5.74) is 1.22. The Morgan fingerprint density at radius 1 is 1.03 bits per heavy atom. The third-order valence-electron chi connectivity index (χ3n) is 5.41. The molecule has 10 heteroatoms. The molecule has 33 heavy (non-hydrogen) atoms. The number of ether oxygens (including phenoxy) is 2. The minimum absolute atomic E-state index is 0.0147. The van der Waals surface area contributed by atoms with Crippen LogP contribution in [0.25, 0.3) is 0 Å². The Labute approximate surface area is 194 Å². The zero-order chi connectivity index (χ0) is 23.8. The van der Waals surface area contributed by atoms with Crippen molar-refractivity contribution >= 4 is 22.0 Å². The summed E-state index contributed by atoms with van der Waals surface area (Å²) < 4.78 is 37.5. The number of rotatable bonds is 8. The molecule has 0 aliphatic carbocycles. The van der Waals surface area contributed by atoms with E-state index in [1.54, 1.807) is 48.2 Å². The van der Waals surface area contributed by atoms with E-state index in [0.717, 1.165) is 5.56 Å². The first kappa shape index (κ1) is 24.5. The quantitative estimate of drug-likeness (QED) is 0.607. The molecule has 2 N–H and O–H groups in total. The van der Waals surface area contributed by atoms with E-state index in [4.69, 9.17) is 9.47 Å². The molecule has 1 heterocycles. The number of methoxy groups -OCH3 is 1. The van der Waals surface area contributed by atoms with E-state index < -0.39 is 10.0 Å². The summed E-state index contributed by atoms with van der Waals surface area (Å²) in [7, 11) is -2.15. The lowest BCUT2D eigenvalue weighted by Gasteiger charge is -2.31. The van der Waals surface area contributed by atoms with Gasteiger partial charge in [0.25, 0.3) is 5.91 Å². The molecule has 9 nitrogen and oxygen atoms in total. The van der Waals surface area contributed by atoms with Crippen molar-refractivity contribution in [2.45, 2.75) is 37.2 Å². The second-order valence-corrected chi connectivity index (χ2v) is 9.40. The first-order chi connectivity index (χ1) is 15.8. The maximum Gasteiger partial charge on any atom is 0.409 e. The van der Waals surface area contributed by atoms with Gasteiger partial charge in [0.2, 0.25) is 10.0 Å². The first-order valence-electron chi connectivity index (χ1n) is 10.8. The lowest BCUT2D eigenvalue weighted by Crippen LogP contribution is -2.46. The molecule has 1 aliphatic rings. The minimum atomic E-state index is -3.67. The van der Waals surface area contributed by atoms with E-state index in [0.29, 0.717) is 43.9 Å². The van der Waals surface area contributed by atoms with Gasteiger partial charge in [-0.15, -0.1) is 0 Å².